The maximum absolute atomic E-state index is 5.38. The summed E-state index contributed by atoms with van der Waals surface area (Å²) in [6, 6.07) is 2.00. The molecule has 0 aliphatic heterocycles. The van der Waals surface area contributed by atoms with Gasteiger partial charge in [-0.25, -0.2) is 0 Å². The van der Waals surface area contributed by atoms with Gasteiger partial charge in [0.05, 0.1) is 0 Å². The van der Waals surface area contributed by atoms with Crippen LogP contribution in [0.4, 0.5) is 0 Å². The number of thiophene rings is 1. The van der Waals surface area contributed by atoms with Gasteiger partial charge in [0.1, 0.15) is 5.75 Å². The van der Waals surface area contributed by atoms with Crippen molar-refractivity contribution in [3.8, 4) is 5.75 Å². The molecule has 0 unspecified atom stereocenters. The van der Waals surface area contributed by atoms with Crippen molar-refractivity contribution in [3.63, 3.8) is 0 Å². The average molecular weight is 778 g/mol. The second kappa shape index (κ2) is 31.0. The molecule has 0 saturated carbocycles. The SMILES string of the molecule is C[CH-]COc1ccsc1C.[Y].[Y].[Y].[Y].[Y].[Y].[Y]. The third kappa shape index (κ3) is 23.2. The first-order valence-corrected chi connectivity index (χ1v) is 4.17. The predicted molar refractivity (Wildman–Crippen MR) is 44.5 cm³/mol. The largest absolute Gasteiger partial charge is 0.524 e. The third-order valence-corrected chi connectivity index (χ3v) is 2.04. The number of rotatable bonds is 3. The van der Waals surface area contributed by atoms with Crippen LogP contribution in [0.5, 0.6) is 5.75 Å². The first-order valence-electron chi connectivity index (χ1n) is 3.29. The minimum absolute atomic E-state index is 0. The average Bonchev–Trinajstić information content (AvgIpc) is 2.31. The molecule has 0 fully saturated rings. The summed E-state index contributed by atoms with van der Waals surface area (Å²) in [5.74, 6) is 1.02. The van der Waals surface area contributed by atoms with Gasteiger partial charge in [-0.05, 0) is 25.0 Å². The molecule has 1 aromatic rings. The second-order valence-corrected chi connectivity index (χ2v) is 3.18. The molecule has 0 spiro atoms. The van der Waals surface area contributed by atoms with E-state index >= 15 is 0 Å². The molecule has 77 valence electrons. The molecule has 0 atom stereocenters. The summed E-state index contributed by atoms with van der Waals surface area (Å²) in [4.78, 5) is 1.25. The number of ether oxygens (including phenoxy) is 1. The van der Waals surface area contributed by atoms with E-state index in [1.807, 2.05) is 24.8 Å². The van der Waals surface area contributed by atoms with Crippen LogP contribution in [0.25, 0.3) is 0 Å². The van der Waals surface area contributed by atoms with Gasteiger partial charge in [-0.15, -0.1) is 11.3 Å². The van der Waals surface area contributed by atoms with E-state index in [9.17, 15) is 0 Å². The smallest absolute Gasteiger partial charge is 0.128 e. The van der Waals surface area contributed by atoms with Crippen molar-refractivity contribution in [2.75, 3.05) is 6.61 Å². The summed E-state index contributed by atoms with van der Waals surface area (Å²) in [6.45, 7) is 4.76. The number of aryl methyl sites for hydroxylation is 1. The minimum atomic E-state index is 0. The van der Waals surface area contributed by atoms with Gasteiger partial charge in [-0.3, -0.25) is 6.42 Å². The van der Waals surface area contributed by atoms with Crippen LogP contribution < -0.4 is 4.74 Å². The molecular weight excluding hydrogens is 766 g/mol. The zero-order valence-electron chi connectivity index (χ0n) is 10.3. The molecule has 0 bridgehead atoms. The molecule has 0 aliphatic carbocycles. The van der Waals surface area contributed by atoms with E-state index < -0.39 is 0 Å². The minimum Gasteiger partial charge on any atom is -0.524 e. The zero-order chi connectivity index (χ0) is 7.40. The van der Waals surface area contributed by atoms with Crippen LogP contribution in [-0.2, 0) is 229 Å². The summed E-state index contributed by atoms with van der Waals surface area (Å²) in [6.07, 6.45) is 2.00. The van der Waals surface area contributed by atoms with Crippen LogP contribution in [0.15, 0.2) is 11.4 Å². The fourth-order valence-electron chi connectivity index (χ4n) is 0.696. The summed E-state index contributed by atoms with van der Waals surface area (Å²) in [7, 11) is 0. The molecule has 0 saturated heterocycles. The Hall–Kier alpha value is 7.23. The van der Waals surface area contributed by atoms with Crippen LogP contribution in [0.2, 0.25) is 0 Å². The van der Waals surface area contributed by atoms with Crippen LogP contribution in [0, 0.1) is 13.3 Å². The normalized spacial score (nSPS) is 5.76. The molecule has 0 amide bonds. The fraction of sp³-hybridized carbons (Fsp3) is 0.375. The summed E-state index contributed by atoms with van der Waals surface area (Å²) < 4.78 is 5.38. The van der Waals surface area contributed by atoms with Gasteiger partial charge in [0.25, 0.3) is 0 Å². The monoisotopic (exact) mass is 777 g/mol. The van der Waals surface area contributed by atoms with Crippen LogP contribution in [0.3, 0.4) is 0 Å². The predicted octanol–water partition coefficient (Wildman–Crippen LogP) is 2.64. The summed E-state index contributed by atoms with van der Waals surface area (Å²) >= 11 is 1.72. The number of hydrogen-bond donors (Lipinski definition) is 0. The maximum Gasteiger partial charge on any atom is 0.128 e. The Kier molecular flexibility index (Phi) is 80.4. The fourth-order valence-corrected chi connectivity index (χ4v) is 1.34. The standard InChI is InChI=1S/C8H11OS.7Y/c1-3-5-9-8-4-6-10-7(8)2;;;;;;;/h3-4,6H,5H2,1-2H3;;;;;;;/q-1;;;;;;;. The first kappa shape index (κ1) is 44.0. The summed E-state index contributed by atoms with van der Waals surface area (Å²) in [5, 5.41) is 2.04. The summed E-state index contributed by atoms with van der Waals surface area (Å²) in [5.41, 5.74) is 0. The Morgan fingerprint density at radius 2 is 1.53 bits per heavy atom. The molecule has 7 radical (unpaired) electrons. The van der Waals surface area contributed by atoms with E-state index in [0.717, 1.165) is 5.75 Å². The molecule has 17 heavy (non-hydrogen) atoms. The zero-order valence-corrected chi connectivity index (χ0v) is 31.0. The molecule has 1 rings (SSSR count). The van der Waals surface area contributed by atoms with Crippen LogP contribution in [-0.4, -0.2) is 6.61 Å². The van der Waals surface area contributed by atoms with Crippen molar-refractivity contribution in [3.05, 3.63) is 22.7 Å². The van der Waals surface area contributed by atoms with E-state index in [1.54, 1.807) is 11.3 Å². The molecule has 0 aliphatic rings. The molecule has 0 aromatic carbocycles. The van der Waals surface area contributed by atoms with Crippen molar-refractivity contribution in [2.45, 2.75) is 13.8 Å². The molecule has 1 heterocycles. The van der Waals surface area contributed by atoms with Gasteiger partial charge in [0.2, 0.25) is 0 Å². The Balaban J connectivity index is -0.0000000286. The quantitative estimate of drug-likeness (QED) is 0.430. The van der Waals surface area contributed by atoms with E-state index in [0.29, 0.717) is 6.61 Å². The van der Waals surface area contributed by atoms with Crippen molar-refractivity contribution >= 4 is 11.3 Å². The van der Waals surface area contributed by atoms with Crippen molar-refractivity contribution < 1.29 is 234 Å². The Bertz CT molecular complexity index is 210. The van der Waals surface area contributed by atoms with Gasteiger partial charge >= 0.3 is 0 Å². The van der Waals surface area contributed by atoms with Crippen molar-refractivity contribution in [2.24, 2.45) is 0 Å². The van der Waals surface area contributed by atoms with Crippen LogP contribution >= 0.6 is 11.3 Å². The van der Waals surface area contributed by atoms with Gasteiger partial charge in [-0.1, -0.05) is 0 Å². The van der Waals surface area contributed by atoms with Gasteiger partial charge in [0, 0.05) is 234 Å². The molecular formula is C8H11OSY7-. The van der Waals surface area contributed by atoms with Gasteiger partial charge in [0.15, 0.2) is 0 Å². The third-order valence-electron chi connectivity index (χ3n) is 1.22. The maximum atomic E-state index is 5.38. The van der Waals surface area contributed by atoms with E-state index in [4.69, 9.17) is 4.74 Å². The topological polar surface area (TPSA) is 9.23 Å². The van der Waals surface area contributed by atoms with Crippen molar-refractivity contribution in [1.29, 1.82) is 0 Å². The second-order valence-electron chi connectivity index (χ2n) is 2.06. The molecule has 1 aromatic heterocycles. The van der Waals surface area contributed by atoms with Gasteiger partial charge < -0.3 is 4.74 Å². The molecule has 9 heteroatoms. The van der Waals surface area contributed by atoms with Crippen LogP contribution in [0.1, 0.15) is 11.8 Å². The Morgan fingerprint density at radius 1 is 1.06 bits per heavy atom. The van der Waals surface area contributed by atoms with E-state index in [2.05, 4.69) is 6.92 Å². The first-order chi connectivity index (χ1) is 4.84. The van der Waals surface area contributed by atoms with E-state index in [-0.39, 0.29) is 229 Å². The Morgan fingerprint density at radius 3 is 1.82 bits per heavy atom. The van der Waals surface area contributed by atoms with Gasteiger partial charge in [-0.2, -0.15) is 6.92 Å². The number of hydrogen-bond acceptors (Lipinski definition) is 2. The van der Waals surface area contributed by atoms with Crippen molar-refractivity contribution in [1.82, 2.24) is 0 Å². The molecule has 0 N–H and O–H groups in total. The van der Waals surface area contributed by atoms with E-state index in [1.165, 1.54) is 4.88 Å². The molecule has 1 nitrogen and oxygen atoms in total. The Labute approximate surface area is 285 Å².